The van der Waals surface area contributed by atoms with Gasteiger partial charge in [0.2, 0.25) is 0 Å². The molecule has 416 valence electrons. The first kappa shape index (κ1) is 60.4. The van der Waals surface area contributed by atoms with Crippen molar-refractivity contribution in [2.75, 3.05) is 32.8 Å². The van der Waals surface area contributed by atoms with Crippen LogP contribution in [0.1, 0.15) is 174 Å². The highest BCUT2D eigenvalue weighted by Gasteiger charge is 2.31. The van der Waals surface area contributed by atoms with Crippen molar-refractivity contribution in [2.45, 2.75) is 163 Å². The molecule has 0 saturated carbocycles. The predicted octanol–water partition coefficient (Wildman–Crippen LogP) is 16.1. The molecule has 0 fully saturated rings. The molecule has 3 aliphatic heterocycles. The number of thiophene rings is 1. The first-order valence-corrected chi connectivity index (χ1v) is 30.2. The minimum Gasteiger partial charge on any atom is -0.466 e. The van der Waals surface area contributed by atoms with Crippen molar-refractivity contribution >= 4 is 57.9 Å². The number of benzene rings is 3. The monoisotopic (exact) mass is 1120 g/mol. The third kappa shape index (κ3) is 16.7. The molecule has 6 aromatic rings. The summed E-state index contributed by atoms with van der Waals surface area (Å²) in [6, 6.07) is 31.6. The fraction of sp³-hybridized carbons (Fsp3) is 0.500. The fourth-order valence-corrected chi connectivity index (χ4v) is 13.0. The zero-order valence-corrected chi connectivity index (χ0v) is 49.6. The first-order valence-electron chi connectivity index (χ1n) is 28.2. The second-order valence-corrected chi connectivity index (χ2v) is 24.8. The zero-order chi connectivity index (χ0) is 55.0. The van der Waals surface area contributed by atoms with E-state index in [1.54, 1.807) is 6.92 Å². The summed E-state index contributed by atoms with van der Waals surface area (Å²) in [6.07, 6.45) is 17.9. The third-order valence-corrected chi connectivity index (χ3v) is 18.4. The minimum atomic E-state index is -0.407. The number of nitrogens with zero attached hydrogens (tertiary/aromatic N) is 3. The Labute approximate surface area is 479 Å². The SMILES string of the molecule is CC(=O)C(C)(C)CCCCCC(c1ccccc1Cl)N1CCc2[nH]ccc2C1.CCOC(=O)C(C)(C)CCCCCC(c1ccccc1Cl)N1CCc2[nH]ccc2C1.OCC(c1ccccc1Cl)N1CCc2sccc2C1. The number of carbonyl (C=O) groups is 2. The van der Waals surface area contributed by atoms with E-state index in [2.05, 4.69) is 92.6 Å². The van der Waals surface area contributed by atoms with Crippen LogP contribution in [0.25, 0.3) is 0 Å². The number of hydrogen-bond acceptors (Lipinski definition) is 8. The minimum absolute atomic E-state index is 0.0123. The molecule has 77 heavy (non-hydrogen) atoms. The molecule has 13 heteroatoms. The average molecular weight is 1130 g/mol. The number of aliphatic hydroxyl groups excluding tert-OH is 1. The number of halogens is 3. The van der Waals surface area contributed by atoms with Gasteiger partial charge in [0.25, 0.3) is 0 Å². The summed E-state index contributed by atoms with van der Waals surface area (Å²) >= 11 is 21.3. The van der Waals surface area contributed by atoms with Crippen LogP contribution in [0, 0.1) is 10.8 Å². The first-order chi connectivity index (χ1) is 37.1. The van der Waals surface area contributed by atoms with E-state index >= 15 is 0 Å². The van der Waals surface area contributed by atoms with Gasteiger partial charge in [0.1, 0.15) is 5.78 Å². The van der Waals surface area contributed by atoms with Crippen LogP contribution in [-0.2, 0) is 53.2 Å². The number of aromatic nitrogens is 2. The Morgan fingerprint density at radius 3 is 1.51 bits per heavy atom. The number of aromatic amines is 2. The van der Waals surface area contributed by atoms with E-state index in [9.17, 15) is 14.7 Å². The zero-order valence-electron chi connectivity index (χ0n) is 46.5. The molecule has 3 atom stereocenters. The summed E-state index contributed by atoms with van der Waals surface area (Å²) < 4.78 is 5.21. The number of H-pyrrole nitrogens is 2. The maximum Gasteiger partial charge on any atom is 0.311 e. The number of fused-ring (bicyclic) bond motifs is 3. The Morgan fingerprint density at radius 2 is 1.04 bits per heavy atom. The lowest BCUT2D eigenvalue weighted by molar-refractivity contribution is -0.153. The van der Waals surface area contributed by atoms with E-state index in [4.69, 9.17) is 39.5 Å². The van der Waals surface area contributed by atoms with Crippen LogP contribution in [0.15, 0.2) is 109 Å². The van der Waals surface area contributed by atoms with Gasteiger partial charge < -0.3 is 19.8 Å². The van der Waals surface area contributed by atoms with Crippen molar-refractivity contribution < 1.29 is 19.4 Å². The molecule has 0 radical (unpaired) electrons. The van der Waals surface area contributed by atoms with Crippen molar-refractivity contribution in [3.8, 4) is 0 Å². The van der Waals surface area contributed by atoms with Crippen molar-refractivity contribution in [1.29, 1.82) is 0 Å². The molecule has 0 aliphatic carbocycles. The summed E-state index contributed by atoms with van der Waals surface area (Å²) in [6.45, 7) is 18.1. The van der Waals surface area contributed by atoms with Crippen LogP contribution >= 0.6 is 46.1 Å². The highest BCUT2D eigenvalue weighted by Crippen LogP contribution is 2.38. The molecular formula is C64H84Cl3N5O4S. The summed E-state index contributed by atoms with van der Waals surface area (Å²) in [5, 5.41) is 14.4. The van der Waals surface area contributed by atoms with E-state index in [1.807, 2.05) is 86.8 Å². The summed E-state index contributed by atoms with van der Waals surface area (Å²) in [4.78, 5) is 39.5. The number of hydrogen-bond donors (Lipinski definition) is 3. The number of esters is 1. The van der Waals surface area contributed by atoms with Crippen molar-refractivity contribution in [1.82, 2.24) is 24.7 Å². The van der Waals surface area contributed by atoms with Gasteiger partial charge in [-0.2, -0.15) is 0 Å². The number of ketones is 1. The third-order valence-electron chi connectivity index (χ3n) is 16.4. The largest absolute Gasteiger partial charge is 0.466 e. The second kappa shape index (κ2) is 29.3. The smallest absolute Gasteiger partial charge is 0.311 e. The Hall–Kier alpha value is -4.23. The molecule has 3 N–H and O–H groups in total. The lowest BCUT2D eigenvalue weighted by Crippen LogP contribution is -2.35. The molecular weight excluding hydrogens is 1040 g/mol. The standard InChI is InChI=1S/C25H35ClN2O2.C24H33ClN2O.C15H16ClNOS/c1-4-30-24(29)25(2,3)15-9-5-6-12-23(20-10-7-8-11-21(20)26)28-17-14-22-19(18-28)13-16-27-22;1-18(28)24(2,3)14-8-4-5-11-23(20-9-6-7-10-21(20)25)27-16-13-22-19(17-27)12-15-26-22;16-13-4-2-1-3-12(13)14(10-18)17-7-5-15-11(9-17)6-8-19-15/h7-8,10-11,13,16,23,27H,4-6,9,12,14-15,17-18H2,1-3H3;6-7,9-10,12,15,23,26H,4-5,8,11,13-14,16-17H2,1-3H3;1-4,6,8,14,18H,5,7,9-10H2. The number of aliphatic hydroxyl groups is 1. The molecule has 0 amide bonds. The van der Waals surface area contributed by atoms with E-state index in [0.29, 0.717) is 18.7 Å². The fourth-order valence-electron chi connectivity index (χ4n) is 11.3. The van der Waals surface area contributed by atoms with Gasteiger partial charge in [0, 0.05) is 113 Å². The van der Waals surface area contributed by atoms with Crippen LogP contribution < -0.4 is 0 Å². The molecule has 3 aromatic heterocycles. The summed E-state index contributed by atoms with van der Waals surface area (Å²) in [5.74, 6) is 0.201. The van der Waals surface area contributed by atoms with E-state index in [0.717, 1.165) is 143 Å². The van der Waals surface area contributed by atoms with Gasteiger partial charge in [-0.3, -0.25) is 24.3 Å². The number of carbonyl (C=O) groups excluding carboxylic acids is 2. The number of ether oxygens (including phenoxy) is 1. The Bertz CT molecular complexity index is 2780. The molecule has 0 saturated heterocycles. The Balaban J connectivity index is 0.000000172. The van der Waals surface area contributed by atoms with Gasteiger partial charge in [-0.15, -0.1) is 11.3 Å². The summed E-state index contributed by atoms with van der Waals surface area (Å²) in [5.41, 5.74) is 9.83. The molecule has 9 rings (SSSR count). The summed E-state index contributed by atoms with van der Waals surface area (Å²) in [7, 11) is 0. The lowest BCUT2D eigenvalue weighted by Gasteiger charge is -2.35. The second-order valence-electron chi connectivity index (χ2n) is 22.5. The number of nitrogens with one attached hydrogen (secondary N) is 2. The maximum atomic E-state index is 12.1. The van der Waals surface area contributed by atoms with E-state index < -0.39 is 5.41 Å². The van der Waals surface area contributed by atoms with Crippen LogP contribution in [0.5, 0.6) is 0 Å². The van der Waals surface area contributed by atoms with Crippen LogP contribution in [-0.4, -0.2) is 74.4 Å². The lowest BCUT2D eigenvalue weighted by atomic mass is 9.83. The molecule has 0 spiro atoms. The normalized spacial score (nSPS) is 16.1. The molecule has 0 bridgehead atoms. The van der Waals surface area contributed by atoms with Gasteiger partial charge in [0.05, 0.1) is 24.7 Å². The highest BCUT2D eigenvalue weighted by molar-refractivity contribution is 7.10. The van der Waals surface area contributed by atoms with Crippen molar-refractivity contribution in [2.24, 2.45) is 10.8 Å². The average Bonchev–Trinajstić information content (AvgIpc) is 4.23. The predicted molar refractivity (Wildman–Crippen MR) is 319 cm³/mol. The topological polar surface area (TPSA) is 105 Å². The Kier molecular flexibility index (Phi) is 23.0. The van der Waals surface area contributed by atoms with Crippen LogP contribution in [0.3, 0.4) is 0 Å². The van der Waals surface area contributed by atoms with Crippen LogP contribution in [0.2, 0.25) is 15.1 Å². The number of unbranched alkanes of at least 4 members (excludes halogenated alkanes) is 4. The highest BCUT2D eigenvalue weighted by atomic mass is 35.5. The van der Waals surface area contributed by atoms with Gasteiger partial charge in [-0.25, -0.2) is 0 Å². The molecule has 9 nitrogen and oxygen atoms in total. The van der Waals surface area contributed by atoms with E-state index in [-0.39, 0.29) is 29.8 Å². The number of rotatable bonds is 22. The quantitative estimate of drug-likeness (QED) is 0.0459. The Morgan fingerprint density at radius 1 is 0.597 bits per heavy atom. The van der Waals surface area contributed by atoms with Crippen molar-refractivity contribution in [3.63, 3.8) is 0 Å². The number of Topliss-reactive ketones (excluding diaryl/α,β-unsaturated/α-hetero) is 1. The molecule has 3 aromatic carbocycles. The van der Waals surface area contributed by atoms with Gasteiger partial charge in [0.15, 0.2) is 0 Å². The molecule has 3 unspecified atom stereocenters. The van der Waals surface area contributed by atoms with Gasteiger partial charge in [-0.1, -0.05) is 142 Å². The molecule has 3 aliphatic rings. The van der Waals surface area contributed by atoms with Gasteiger partial charge >= 0.3 is 5.97 Å². The maximum absolute atomic E-state index is 12.1. The molecule has 6 heterocycles. The van der Waals surface area contributed by atoms with Gasteiger partial charge in [-0.05, 0) is 135 Å². The van der Waals surface area contributed by atoms with Crippen LogP contribution in [0.4, 0.5) is 0 Å². The van der Waals surface area contributed by atoms with Crippen molar-refractivity contribution in [3.05, 3.63) is 173 Å². The van der Waals surface area contributed by atoms with E-state index in [1.165, 1.54) is 44.1 Å².